The number of rotatable bonds is 3. The Hall–Kier alpha value is -2.16. The van der Waals surface area contributed by atoms with Crippen LogP contribution < -0.4 is 5.32 Å². The van der Waals surface area contributed by atoms with Crippen LogP contribution in [-0.4, -0.2) is 10.9 Å². The van der Waals surface area contributed by atoms with Gasteiger partial charge in [-0.05, 0) is 24.6 Å². The fraction of sp³-hybridized carbons (Fsp3) is 0.143. The second-order valence-electron chi connectivity index (χ2n) is 3.93. The second-order valence-corrected chi connectivity index (χ2v) is 3.93. The van der Waals surface area contributed by atoms with E-state index in [9.17, 15) is 4.79 Å². The summed E-state index contributed by atoms with van der Waals surface area (Å²) in [6.07, 6.45) is 2.03. The van der Waals surface area contributed by atoms with E-state index in [2.05, 4.69) is 10.3 Å². The van der Waals surface area contributed by atoms with Crippen molar-refractivity contribution in [1.82, 2.24) is 4.98 Å². The molecule has 0 saturated heterocycles. The average Bonchev–Trinajstić information content (AvgIpc) is 2.30. The Morgan fingerprint density at radius 3 is 2.82 bits per heavy atom. The van der Waals surface area contributed by atoms with Gasteiger partial charge < -0.3 is 5.32 Å². The highest BCUT2D eigenvalue weighted by molar-refractivity contribution is 5.91. The smallest absolute Gasteiger partial charge is 0.229 e. The number of hydrogen-bond donors (Lipinski definition) is 1. The SMILES string of the molecule is Cc1cccc(CC(=O)Nc2ccccn2)c1. The Balaban J connectivity index is 1.98. The van der Waals surface area contributed by atoms with Crippen molar-refractivity contribution in [2.45, 2.75) is 13.3 Å². The van der Waals surface area contributed by atoms with E-state index >= 15 is 0 Å². The lowest BCUT2D eigenvalue weighted by molar-refractivity contribution is -0.115. The summed E-state index contributed by atoms with van der Waals surface area (Å²) in [5.41, 5.74) is 2.17. The minimum absolute atomic E-state index is 0.0469. The molecule has 2 rings (SSSR count). The third kappa shape index (κ3) is 3.41. The summed E-state index contributed by atoms with van der Waals surface area (Å²) in [7, 11) is 0. The Labute approximate surface area is 101 Å². The van der Waals surface area contributed by atoms with E-state index < -0.39 is 0 Å². The van der Waals surface area contributed by atoms with Crippen LogP contribution in [0.1, 0.15) is 11.1 Å². The van der Waals surface area contributed by atoms with Crippen molar-refractivity contribution in [3.8, 4) is 0 Å². The third-order valence-electron chi connectivity index (χ3n) is 2.38. The predicted octanol–water partition coefficient (Wildman–Crippen LogP) is 2.57. The second kappa shape index (κ2) is 5.25. The van der Waals surface area contributed by atoms with Crippen LogP contribution in [0.4, 0.5) is 5.82 Å². The lowest BCUT2D eigenvalue weighted by atomic mass is 10.1. The van der Waals surface area contributed by atoms with Gasteiger partial charge in [-0.25, -0.2) is 4.98 Å². The zero-order chi connectivity index (χ0) is 12.1. The molecule has 0 radical (unpaired) electrons. The van der Waals surface area contributed by atoms with E-state index in [-0.39, 0.29) is 5.91 Å². The minimum Gasteiger partial charge on any atom is -0.310 e. The van der Waals surface area contributed by atoms with Gasteiger partial charge in [0.15, 0.2) is 0 Å². The van der Waals surface area contributed by atoms with Crippen LogP contribution in [0.25, 0.3) is 0 Å². The highest BCUT2D eigenvalue weighted by Crippen LogP contribution is 2.06. The molecule has 1 aromatic carbocycles. The van der Waals surface area contributed by atoms with E-state index in [1.165, 1.54) is 0 Å². The van der Waals surface area contributed by atoms with Gasteiger partial charge >= 0.3 is 0 Å². The van der Waals surface area contributed by atoms with Crippen LogP contribution in [0.2, 0.25) is 0 Å². The molecule has 0 bridgehead atoms. The van der Waals surface area contributed by atoms with Crippen molar-refractivity contribution in [1.29, 1.82) is 0 Å². The van der Waals surface area contributed by atoms with E-state index in [0.717, 1.165) is 11.1 Å². The van der Waals surface area contributed by atoms with Crippen molar-refractivity contribution in [2.24, 2.45) is 0 Å². The zero-order valence-corrected chi connectivity index (χ0v) is 9.68. The van der Waals surface area contributed by atoms with E-state index in [4.69, 9.17) is 0 Å². The highest BCUT2D eigenvalue weighted by Gasteiger charge is 2.04. The van der Waals surface area contributed by atoms with Crippen molar-refractivity contribution >= 4 is 11.7 Å². The molecule has 0 spiro atoms. The summed E-state index contributed by atoms with van der Waals surface area (Å²) in [5.74, 6) is 0.541. The zero-order valence-electron chi connectivity index (χ0n) is 9.68. The van der Waals surface area contributed by atoms with Gasteiger partial charge in [-0.2, -0.15) is 0 Å². The highest BCUT2D eigenvalue weighted by atomic mass is 16.1. The van der Waals surface area contributed by atoms with Crippen LogP contribution in [0.3, 0.4) is 0 Å². The van der Waals surface area contributed by atoms with Crippen molar-refractivity contribution in [3.63, 3.8) is 0 Å². The molecule has 1 N–H and O–H groups in total. The van der Waals surface area contributed by atoms with E-state index in [0.29, 0.717) is 12.2 Å². The number of carbonyl (C=O) groups is 1. The largest absolute Gasteiger partial charge is 0.310 e. The van der Waals surface area contributed by atoms with Gasteiger partial charge in [0, 0.05) is 6.20 Å². The fourth-order valence-corrected chi connectivity index (χ4v) is 1.63. The number of aryl methyl sites for hydroxylation is 1. The maximum absolute atomic E-state index is 11.7. The quantitative estimate of drug-likeness (QED) is 0.874. The molecule has 0 atom stereocenters. The lowest BCUT2D eigenvalue weighted by Gasteiger charge is -2.04. The van der Waals surface area contributed by atoms with Crippen molar-refractivity contribution < 1.29 is 4.79 Å². The summed E-state index contributed by atoms with van der Waals surface area (Å²) >= 11 is 0. The molecular formula is C14H14N2O. The van der Waals surface area contributed by atoms with Crippen LogP contribution in [0.15, 0.2) is 48.7 Å². The molecule has 0 fully saturated rings. The summed E-state index contributed by atoms with van der Waals surface area (Å²) in [4.78, 5) is 15.8. The molecule has 0 aliphatic carbocycles. The number of nitrogens with zero attached hydrogens (tertiary/aromatic N) is 1. The summed E-state index contributed by atoms with van der Waals surface area (Å²) < 4.78 is 0. The van der Waals surface area contributed by atoms with Gasteiger partial charge in [-0.3, -0.25) is 4.79 Å². The topological polar surface area (TPSA) is 42.0 Å². The Bertz CT molecular complexity index is 509. The minimum atomic E-state index is -0.0469. The Morgan fingerprint density at radius 2 is 2.12 bits per heavy atom. The van der Waals surface area contributed by atoms with Gasteiger partial charge in [-0.15, -0.1) is 0 Å². The molecule has 1 aromatic heterocycles. The monoisotopic (exact) mass is 226 g/mol. The first-order chi connectivity index (χ1) is 8.24. The lowest BCUT2D eigenvalue weighted by Crippen LogP contribution is -2.15. The number of pyridine rings is 1. The van der Waals surface area contributed by atoms with Gasteiger partial charge in [-0.1, -0.05) is 35.9 Å². The molecule has 1 amide bonds. The molecule has 0 saturated carbocycles. The first-order valence-corrected chi connectivity index (χ1v) is 5.50. The molecule has 86 valence electrons. The van der Waals surface area contributed by atoms with Crippen LogP contribution in [0, 0.1) is 6.92 Å². The number of benzene rings is 1. The number of hydrogen-bond acceptors (Lipinski definition) is 2. The average molecular weight is 226 g/mol. The summed E-state index contributed by atoms with van der Waals surface area (Å²) in [5, 5.41) is 2.76. The molecule has 0 aliphatic heterocycles. The molecule has 17 heavy (non-hydrogen) atoms. The van der Waals surface area contributed by atoms with Gasteiger partial charge in [0.1, 0.15) is 5.82 Å². The van der Waals surface area contributed by atoms with E-state index in [1.807, 2.05) is 43.3 Å². The summed E-state index contributed by atoms with van der Waals surface area (Å²) in [6.45, 7) is 2.01. The first kappa shape index (κ1) is 11.3. The molecule has 1 heterocycles. The van der Waals surface area contributed by atoms with Crippen LogP contribution in [-0.2, 0) is 11.2 Å². The van der Waals surface area contributed by atoms with Crippen molar-refractivity contribution in [2.75, 3.05) is 5.32 Å². The Kier molecular flexibility index (Phi) is 3.50. The number of carbonyl (C=O) groups excluding carboxylic acids is 1. The van der Waals surface area contributed by atoms with Gasteiger partial charge in [0.2, 0.25) is 5.91 Å². The molecule has 3 heteroatoms. The standard InChI is InChI=1S/C14H14N2O/c1-11-5-4-6-12(9-11)10-14(17)16-13-7-2-3-8-15-13/h2-9H,10H2,1H3,(H,15,16,17). The van der Waals surface area contributed by atoms with Crippen LogP contribution in [0.5, 0.6) is 0 Å². The molecule has 3 nitrogen and oxygen atoms in total. The normalized spacial score (nSPS) is 9.94. The fourth-order valence-electron chi connectivity index (χ4n) is 1.63. The predicted molar refractivity (Wildman–Crippen MR) is 67.7 cm³/mol. The number of amides is 1. The van der Waals surface area contributed by atoms with Crippen molar-refractivity contribution in [3.05, 3.63) is 59.8 Å². The molecule has 0 aliphatic rings. The number of nitrogens with one attached hydrogen (secondary N) is 1. The molecule has 0 unspecified atom stereocenters. The Morgan fingerprint density at radius 1 is 1.24 bits per heavy atom. The summed E-state index contributed by atoms with van der Waals surface area (Å²) in [6, 6.07) is 13.4. The maximum atomic E-state index is 11.7. The van der Waals surface area contributed by atoms with E-state index in [1.54, 1.807) is 12.3 Å². The third-order valence-corrected chi connectivity index (χ3v) is 2.38. The van der Waals surface area contributed by atoms with Gasteiger partial charge in [0.25, 0.3) is 0 Å². The number of aromatic nitrogens is 1. The first-order valence-electron chi connectivity index (χ1n) is 5.50. The molecule has 2 aromatic rings. The molecular weight excluding hydrogens is 212 g/mol. The maximum Gasteiger partial charge on any atom is 0.229 e. The van der Waals surface area contributed by atoms with Crippen LogP contribution >= 0.6 is 0 Å². The number of anilines is 1. The van der Waals surface area contributed by atoms with Gasteiger partial charge in [0.05, 0.1) is 6.42 Å².